The lowest BCUT2D eigenvalue weighted by Gasteiger charge is -2.39. The fourth-order valence-corrected chi connectivity index (χ4v) is 1.97. The molecule has 10 heteroatoms. The summed E-state index contributed by atoms with van der Waals surface area (Å²) in [4.78, 5) is 11.8. The normalized spacial score (nSPS) is 35.0. The van der Waals surface area contributed by atoms with Gasteiger partial charge in [0.15, 0.2) is 0 Å². The maximum Gasteiger partial charge on any atom is 0.325 e. The van der Waals surface area contributed by atoms with Crippen LogP contribution in [0.25, 0.3) is 0 Å². The van der Waals surface area contributed by atoms with Crippen molar-refractivity contribution in [1.82, 2.24) is 0 Å². The van der Waals surface area contributed by atoms with E-state index < -0.39 is 55.4 Å². The van der Waals surface area contributed by atoms with Crippen LogP contribution in [-0.4, -0.2) is 87.5 Å². The molecule has 1 rings (SSSR count). The Bertz CT molecular complexity index is 356. The van der Waals surface area contributed by atoms with Crippen LogP contribution in [0.5, 0.6) is 0 Å². The smallest absolute Gasteiger partial charge is 0.325 e. The number of nitrogens with two attached hydrogens (primary N) is 2. The molecule has 1 fully saturated rings. The van der Waals surface area contributed by atoms with Crippen molar-refractivity contribution in [3.63, 3.8) is 0 Å². The Labute approximate surface area is 127 Å². The van der Waals surface area contributed by atoms with E-state index in [0.717, 1.165) is 0 Å². The van der Waals surface area contributed by atoms with E-state index in [1.165, 1.54) is 0 Å². The van der Waals surface area contributed by atoms with Crippen molar-refractivity contribution in [2.24, 2.45) is 11.5 Å². The van der Waals surface area contributed by atoms with Crippen molar-refractivity contribution >= 4 is 5.97 Å². The molecule has 0 aliphatic carbocycles. The number of carbonyl (C=O) groups excluding carboxylic acids is 1. The van der Waals surface area contributed by atoms with E-state index in [0.29, 0.717) is 0 Å². The Morgan fingerprint density at radius 1 is 1.18 bits per heavy atom. The third-order valence-corrected chi connectivity index (χ3v) is 3.47. The Hall–Kier alpha value is -0.850. The summed E-state index contributed by atoms with van der Waals surface area (Å²) in [5.41, 5.74) is 10.8. The van der Waals surface area contributed by atoms with Gasteiger partial charge in [0.1, 0.15) is 30.5 Å². The van der Waals surface area contributed by atoms with Gasteiger partial charge >= 0.3 is 5.97 Å². The lowest BCUT2D eigenvalue weighted by molar-refractivity contribution is -0.293. The number of hydrogen-bond donors (Lipinski definition) is 7. The van der Waals surface area contributed by atoms with Crippen molar-refractivity contribution in [3.8, 4) is 0 Å². The Morgan fingerprint density at radius 3 is 2.36 bits per heavy atom. The van der Waals surface area contributed by atoms with Crippen LogP contribution in [0.4, 0.5) is 0 Å². The highest BCUT2D eigenvalue weighted by atomic mass is 16.7. The van der Waals surface area contributed by atoms with E-state index in [9.17, 15) is 25.2 Å². The van der Waals surface area contributed by atoms with Gasteiger partial charge in [-0.15, -0.1) is 0 Å². The lowest BCUT2D eigenvalue weighted by Crippen LogP contribution is -2.60. The highest BCUT2D eigenvalue weighted by Crippen LogP contribution is 2.22. The average Bonchev–Trinajstić information content (AvgIpc) is 2.52. The highest BCUT2D eigenvalue weighted by Gasteiger charge is 2.45. The molecule has 1 saturated heterocycles. The summed E-state index contributed by atoms with van der Waals surface area (Å²) in [5.74, 6) is -0.909. The van der Waals surface area contributed by atoms with Crippen molar-refractivity contribution < 1.29 is 39.8 Å². The molecule has 1 aliphatic rings. The molecule has 0 amide bonds. The van der Waals surface area contributed by atoms with Crippen LogP contribution in [0.15, 0.2) is 0 Å². The first-order valence-electron chi connectivity index (χ1n) is 6.96. The van der Waals surface area contributed by atoms with Gasteiger partial charge in [-0.2, -0.15) is 0 Å². The monoisotopic (exact) mass is 324 g/mol. The zero-order chi connectivity index (χ0) is 16.9. The number of aliphatic hydroxyl groups excluding tert-OH is 5. The first kappa shape index (κ1) is 19.2. The zero-order valence-electron chi connectivity index (χ0n) is 12.0. The van der Waals surface area contributed by atoms with Crippen LogP contribution in [0.1, 0.15) is 12.8 Å². The van der Waals surface area contributed by atoms with Gasteiger partial charge in [0.25, 0.3) is 0 Å². The van der Waals surface area contributed by atoms with Crippen molar-refractivity contribution in [2.45, 2.75) is 55.7 Å². The molecule has 1 heterocycles. The van der Waals surface area contributed by atoms with E-state index in [2.05, 4.69) is 0 Å². The third-order valence-electron chi connectivity index (χ3n) is 3.47. The number of esters is 1. The van der Waals surface area contributed by atoms with E-state index in [1.807, 2.05) is 0 Å². The van der Waals surface area contributed by atoms with Crippen LogP contribution < -0.4 is 11.5 Å². The molecule has 0 saturated carbocycles. The molecule has 0 aromatic heterocycles. The number of aliphatic hydroxyl groups is 5. The van der Waals surface area contributed by atoms with Gasteiger partial charge in [-0.05, 0) is 12.8 Å². The standard InChI is InChI=1S/C12H24N2O8/c13-3-5(16)1-2-6(14)11(20)22-12-10(19)9(18)8(17)7(4-15)21-12/h5-10,12,15-19H,1-4,13-14H2/t5?,6-,7+,8-,9-,10+,12-/m0/s1. The van der Waals surface area contributed by atoms with Gasteiger partial charge in [0, 0.05) is 6.54 Å². The zero-order valence-corrected chi connectivity index (χ0v) is 12.0. The summed E-state index contributed by atoms with van der Waals surface area (Å²) in [7, 11) is 0. The van der Waals surface area contributed by atoms with Gasteiger partial charge in [0.2, 0.25) is 6.29 Å². The molecule has 7 atom stereocenters. The fourth-order valence-electron chi connectivity index (χ4n) is 1.97. The Balaban J connectivity index is 2.55. The molecular formula is C12H24N2O8. The minimum absolute atomic E-state index is 0.0362. The molecule has 9 N–H and O–H groups in total. The molecule has 130 valence electrons. The summed E-state index contributed by atoms with van der Waals surface area (Å²) in [6.07, 6.45) is -8.08. The first-order chi connectivity index (χ1) is 10.3. The molecule has 0 aromatic carbocycles. The van der Waals surface area contributed by atoms with Crippen LogP contribution in [0, 0.1) is 0 Å². The maximum absolute atomic E-state index is 11.8. The quantitative estimate of drug-likeness (QED) is 0.226. The number of carbonyl (C=O) groups is 1. The van der Waals surface area contributed by atoms with Gasteiger partial charge in [-0.3, -0.25) is 4.79 Å². The Morgan fingerprint density at radius 2 is 1.82 bits per heavy atom. The predicted octanol–water partition coefficient (Wildman–Crippen LogP) is -4.24. The summed E-state index contributed by atoms with van der Waals surface area (Å²) < 4.78 is 9.87. The van der Waals surface area contributed by atoms with Gasteiger partial charge < -0.3 is 46.5 Å². The van der Waals surface area contributed by atoms with Crippen molar-refractivity contribution in [2.75, 3.05) is 13.2 Å². The first-order valence-corrected chi connectivity index (χ1v) is 6.96. The molecule has 1 aliphatic heterocycles. The van der Waals surface area contributed by atoms with E-state index in [-0.39, 0.29) is 19.4 Å². The predicted molar refractivity (Wildman–Crippen MR) is 72.1 cm³/mol. The van der Waals surface area contributed by atoms with Crippen molar-refractivity contribution in [3.05, 3.63) is 0 Å². The SMILES string of the molecule is NCC(O)CC[C@H](N)C(=O)O[C@@H]1O[C@H](CO)[C@H](O)[C@H](O)[C@H]1O. The van der Waals surface area contributed by atoms with Crippen LogP contribution in [-0.2, 0) is 14.3 Å². The topological polar surface area (TPSA) is 189 Å². The number of hydrogen-bond acceptors (Lipinski definition) is 10. The van der Waals surface area contributed by atoms with Gasteiger partial charge in [-0.25, -0.2) is 0 Å². The molecule has 1 unspecified atom stereocenters. The third kappa shape index (κ3) is 4.83. The second kappa shape index (κ2) is 8.70. The second-order valence-electron chi connectivity index (χ2n) is 5.21. The van der Waals surface area contributed by atoms with Gasteiger partial charge in [-0.1, -0.05) is 0 Å². The van der Waals surface area contributed by atoms with Crippen molar-refractivity contribution in [1.29, 1.82) is 0 Å². The molecule has 22 heavy (non-hydrogen) atoms. The summed E-state index contributed by atoms with van der Waals surface area (Å²) >= 11 is 0. The number of rotatable bonds is 7. The largest absolute Gasteiger partial charge is 0.432 e. The molecule has 0 radical (unpaired) electrons. The molecule has 0 aromatic rings. The van der Waals surface area contributed by atoms with Crippen LogP contribution in [0.2, 0.25) is 0 Å². The Kier molecular flexibility index (Phi) is 7.59. The average molecular weight is 324 g/mol. The van der Waals surface area contributed by atoms with E-state index >= 15 is 0 Å². The summed E-state index contributed by atoms with van der Waals surface area (Å²) in [6, 6.07) is -1.08. The second-order valence-corrected chi connectivity index (χ2v) is 5.21. The lowest BCUT2D eigenvalue weighted by atomic mass is 9.99. The van der Waals surface area contributed by atoms with Gasteiger partial charge in [0.05, 0.1) is 12.7 Å². The molecule has 0 spiro atoms. The van der Waals surface area contributed by atoms with Crippen LogP contribution >= 0.6 is 0 Å². The minimum Gasteiger partial charge on any atom is -0.432 e. The minimum atomic E-state index is -1.68. The molecular weight excluding hydrogens is 300 g/mol. The highest BCUT2D eigenvalue weighted by molar-refractivity contribution is 5.75. The molecule has 0 bridgehead atoms. The maximum atomic E-state index is 11.8. The summed E-state index contributed by atoms with van der Waals surface area (Å²) in [6.45, 7) is -0.595. The van der Waals surface area contributed by atoms with E-state index in [1.54, 1.807) is 0 Å². The fraction of sp³-hybridized carbons (Fsp3) is 0.917. The number of ether oxygens (including phenoxy) is 2. The van der Waals surface area contributed by atoms with Crippen LogP contribution in [0.3, 0.4) is 0 Å². The molecule has 10 nitrogen and oxygen atoms in total. The van der Waals surface area contributed by atoms with E-state index in [4.69, 9.17) is 26.0 Å². The summed E-state index contributed by atoms with van der Waals surface area (Å²) in [5, 5.41) is 47.2.